The number of halogens is 2. The Morgan fingerprint density at radius 1 is 0.755 bits per heavy atom. The molecule has 4 aliphatic carbocycles. The van der Waals surface area contributed by atoms with E-state index in [0.717, 1.165) is 6.42 Å². The van der Waals surface area contributed by atoms with Gasteiger partial charge in [-0.25, -0.2) is 6.08 Å². The summed E-state index contributed by atoms with van der Waals surface area (Å²) in [6.07, 6.45) is 15.7. The van der Waals surface area contributed by atoms with E-state index in [1.54, 1.807) is 55.6 Å². The topological polar surface area (TPSA) is 0 Å². The van der Waals surface area contributed by atoms with Crippen LogP contribution in [0, 0.1) is 44.6 Å². The van der Waals surface area contributed by atoms with Crippen molar-refractivity contribution < 1.29 is 49.0 Å². The Morgan fingerprint density at radius 3 is 1.98 bits per heavy atom. The summed E-state index contributed by atoms with van der Waals surface area (Å²) in [6.45, 7) is 19.1. The quantitative estimate of drug-likeness (QED) is 0.189. The van der Waals surface area contributed by atoms with Gasteiger partial charge in [0, 0.05) is 0 Å². The van der Waals surface area contributed by atoms with Gasteiger partial charge < -0.3 is 24.8 Å². The first kappa shape index (κ1) is 39.6. The fourth-order valence-electron chi connectivity index (χ4n) is 8.64. The second kappa shape index (κ2) is 16.9. The van der Waals surface area contributed by atoms with E-state index in [1.165, 1.54) is 81.8 Å². The maximum absolute atomic E-state index is 3.15. The molecular formula is C46H52Cl2Zr-2. The van der Waals surface area contributed by atoms with Gasteiger partial charge >= 0.3 is 59.5 Å². The number of benzene rings is 4. The van der Waals surface area contributed by atoms with E-state index in [2.05, 4.69) is 128 Å². The van der Waals surface area contributed by atoms with Crippen molar-refractivity contribution in [3.05, 3.63) is 129 Å². The van der Waals surface area contributed by atoms with Crippen LogP contribution in [0.5, 0.6) is 0 Å². The summed E-state index contributed by atoms with van der Waals surface area (Å²) in [5.74, 6) is 3.94. The molecule has 1 fully saturated rings. The van der Waals surface area contributed by atoms with Crippen LogP contribution in [0.1, 0.15) is 129 Å². The number of aryl methyl sites for hydroxylation is 1. The van der Waals surface area contributed by atoms with Gasteiger partial charge in [-0.3, -0.25) is 6.08 Å². The van der Waals surface area contributed by atoms with Gasteiger partial charge in [0.15, 0.2) is 0 Å². The van der Waals surface area contributed by atoms with E-state index < -0.39 is 0 Å². The van der Waals surface area contributed by atoms with Crippen molar-refractivity contribution in [1.29, 1.82) is 0 Å². The molecule has 0 amide bonds. The van der Waals surface area contributed by atoms with Crippen LogP contribution in [0.3, 0.4) is 0 Å². The van der Waals surface area contributed by atoms with Crippen LogP contribution in [-0.4, -0.2) is 3.21 Å². The molecule has 256 valence electrons. The summed E-state index contributed by atoms with van der Waals surface area (Å²) in [5, 5.41) is 2.93. The molecule has 0 N–H and O–H groups in total. The second-order valence-corrected chi connectivity index (χ2v) is 16.3. The molecule has 0 aliphatic heterocycles. The molecule has 0 bridgehead atoms. The SMILES string of the molecule is Cc1cc2c(c(C)c1C)C(C)c1c3c(c4ccccc4c1-2)C(C)C(C)C(C)[C-]3C.[C-]1=CC(c2ccccc2)=CC1.[Cl-].[Cl-].[Zr+2]=[C]1CCCCC1. The predicted octanol–water partition coefficient (Wildman–Crippen LogP) is 6.74. The third-order valence-corrected chi connectivity index (χ3v) is 13.2. The van der Waals surface area contributed by atoms with Gasteiger partial charge in [0.1, 0.15) is 0 Å². The summed E-state index contributed by atoms with van der Waals surface area (Å²) >= 11 is 1.69. The van der Waals surface area contributed by atoms with Gasteiger partial charge in [-0.1, -0.05) is 124 Å². The van der Waals surface area contributed by atoms with Gasteiger partial charge in [0.05, 0.1) is 0 Å². The maximum atomic E-state index is 3.15. The van der Waals surface area contributed by atoms with Crippen LogP contribution in [0.15, 0.2) is 72.8 Å². The van der Waals surface area contributed by atoms with Gasteiger partial charge in [0.2, 0.25) is 0 Å². The van der Waals surface area contributed by atoms with Gasteiger partial charge in [0.25, 0.3) is 0 Å². The van der Waals surface area contributed by atoms with E-state index in [9.17, 15) is 0 Å². The molecule has 0 nitrogen and oxygen atoms in total. The molecule has 0 heterocycles. The zero-order chi connectivity index (χ0) is 33.4. The zero-order valence-corrected chi connectivity index (χ0v) is 34.7. The average Bonchev–Trinajstić information content (AvgIpc) is 3.73. The number of rotatable bonds is 1. The molecule has 1 saturated carbocycles. The summed E-state index contributed by atoms with van der Waals surface area (Å²) in [7, 11) is 0. The van der Waals surface area contributed by atoms with E-state index in [-0.39, 0.29) is 24.8 Å². The molecule has 49 heavy (non-hydrogen) atoms. The molecule has 0 saturated heterocycles. The summed E-state index contributed by atoms with van der Waals surface area (Å²) in [5.41, 5.74) is 16.3. The van der Waals surface area contributed by atoms with E-state index in [1.807, 2.05) is 6.07 Å². The minimum atomic E-state index is 0. The molecule has 4 unspecified atom stereocenters. The third-order valence-electron chi connectivity index (χ3n) is 12.0. The second-order valence-electron chi connectivity index (χ2n) is 14.6. The van der Waals surface area contributed by atoms with Crippen molar-refractivity contribution in [1.82, 2.24) is 0 Å². The molecule has 4 aromatic carbocycles. The molecule has 4 aliphatic rings. The first-order valence-corrected chi connectivity index (χ1v) is 19.3. The number of hydrogen-bond donors (Lipinski definition) is 0. The van der Waals surface area contributed by atoms with Gasteiger partial charge in [-0.05, 0) is 59.9 Å². The van der Waals surface area contributed by atoms with Crippen LogP contribution in [0.25, 0.3) is 27.5 Å². The molecule has 0 radical (unpaired) electrons. The Kier molecular flexibility index (Phi) is 13.7. The van der Waals surface area contributed by atoms with Crippen LogP contribution in [0.2, 0.25) is 0 Å². The van der Waals surface area contributed by atoms with Gasteiger partial charge in [-0.15, -0.1) is 23.1 Å². The number of hydrogen-bond acceptors (Lipinski definition) is 0. The van der Waals surface area contributed by atoms with Crippen molar-refractivity contribution in [3.8, 4) is 11.1 Å². The monoisotopic (exact) mass is 764 g/mol. The minimum absolute atomic E-state index is 0. The Bertz CT molecular complexity index is 1860. The van der Waals surface area contributed by atoms with E-state index in [4.69, 9.17) is 0 Å². The number of allylic oxidation sites excluding steroid dienone is 4. The predicted molar refractivity (Wildman–Crippen MR) is 201 cm³/mol. The molecule has 8 rings (SSSR count). The Labute approximate surface area is 324 Å². The van der Waals surface area contributed by atoms with Crippen molar-refractivity contribution in [2.24, 2.45) is 11.8 Å². The summed E-state index contributed by atoms with van der Waals surface area (Å²) < 4.78 is 1.80. The summed E-state index contributed by atoms with van der Waals surface area (Å²) in [6, 6.07) is 22.0. The normalized spacial score (nSPS) is 21.6. The molecule has 3 heteroatoms. The Balaban J connectivity index is 0.000000222. The van der Waals surface area contributed by atoms with E-state index >= 15 is 0 Å². The van der Waals surface area contributed by atoms with Crippen LogP contribution >= 0.6 is 0 Å². The van der Waals surface area contributed by atoms with Crippen LogP contribution in [-0.2, 0) is 24.2 Å². The van der Waals surface area contributed by atoms with Crippen molar-refractivity contribution in [2.45, 2.75) is 106 Å². The number of fused-ring (bicyclic) bond motifs is 8. The Hall–Kier alpha value is -2.18. The molecular weight excluding hydrogens is 715 g/mol. The van der Waals surface area contributed by atoms with Crippen molar-refractivity contribution >= 4 is 19.6 Å². The standard InChI is InChI=1S/C29H33.C11H9.C6H10.2ClH.Zr/c1-14-13-24-25(18(5)15(14)2)21(8)28-27-20(7)17(4)16(3)19(6)26(27)22-11-9-10-12-23(22)29(24)28;1-2-6-10(7-3-1)11-8-4-5-9-11;1-2-4-6-5-3-1;;;/h9-13,16-17,19,21H,1-8H3;1-3,6-9H,4H2;1-5H2;2*1H;/q2*-1;;;;+2/p-2. The van der Waals surface area contributed by atoms with Crippen LogP contribution < -0.4 is 24.8 Å². The summed E-state index contributed by atoms with van der Waals surface area (Å²) in [4.78, 5) is 0. The van der Waals surface area contributed by atoms with Crippen LogP contribution in [0.4, 0.5) is 0 Å². The molecule has 0 spiro atoms. The zero-order valence-electron chi connectivity index (χ0n) is 30.7. The first-order chi connectivity index (χ1) is 22.6. The van der Waals surface area contributed by atoms with Crippen molar-refractivity contribution in [2.75, 3.05) is 0 Å². The fourth-order valence-corrected chi connectivity index (χ4v) is 9.51. The van der Waals surface area contributed by atoms with Gasteiger partial charge in [-0.2, -0.15) is 23.1 Å². The Morgan fingerprint density at radius 2 is 1.39 bits per heavy atom. The molecule has 0 aromatic heterocycles. The van der Waals surface area contributed by atoms with Crippen molar-refractivity contribution in [3.63, 3.8) is 0 Å². The molecule has 4 aromatic rings. The van der Waals surface area contributed by atoms with E-state index in [0.29, 0.717) is 23.7 Å². The third kappa shape index (κ3) is 7.57. The average molecular weight is 767 g/mol. The molecule has 4 atom stereocenters. The fraction of sp³-hybridized carbons (Fsp3) is 0.391. The first-order valence-electron chi connectivity index (χ1n) is 18.0.